The Balaban J connectivity index is 2.04. The maximum absolute atomic E-state index is 11.1. The van der Waals surface area contributed by atoms with Crippen molar-refractivity contribution in [3.8, 4) is 5.75 Å². The lowest BCUT2D eigenvalue weighted by atomic mass is 10.2. The molecule has 0 spiro atoms. The first kappa shape index (κ1) is 15.5. The number of ether oxygens (including phenoxy) is 1. The number of rotatable bonds is 7. The van der Waals surface area contributed by atoms with Gasteiger partial charge in [0.15, 0.2) is 12.4 Å². The zero-order valence-corrected chi connectivity index (χ0v) is 13.1. The Morgan fingerprint density at radius 1 is 1.48 bits per heavy atom. The summed E-state index contributed by atoms with van der Waals surface area (Å²) in [5, 5.41) is 13.0. The van der Waals surface area contributed by atoms with Gasteiger partial charge < -0.3 is 14.4 Å². The van der Waals surface area contributed by atoms with Gasteiger partial charge in [-0.2, -0.15) is 4.98 Å². The largest absolute Gasteiger partial charge is 0.483 e. The van der Waals surface area contributed by atoms with Gasteiger partial charge in [0.2, 0.25) is 0 Å². The molecule has 0 unspecified atom stereocenters. The molecule has 1 N–H and O–H groups in total. The van der Waals surface area contributed by atoms with E-state index in [4.69, 9.17) is 14.4 Å². The van der Waals surface area contributed by atoms with E-state index >= 15 is 0 Å². The van der Waals surface area contributed by atoms with Crippen molar-refractivity contribution in [2.24, 2.45) is 0 Å². The molecule has 1 aromatic heterocycles. The fourth-order valence-electron chi connectivity index (χ4n) is 1.72. The number of hydrogen-bond donors (Lipinski definition) is 1. The van der Waals surface area contributed by atoms with Crippen molar-refractivity contribution in [2.75, 3.05) is 0 Å². The molecule has 2 aromatic rings. The molecule has 112 valence electrons. The van der Waals surface area contributed by atoms with Crippen LogP contribution in [0.4, 0.5) is 0 Å². The molecule has 7 heteroatoms. The quantitative estimate of drug-likeness (QED) is 0.819. The molecule has 0 aliphatic rings. The van der Waals surface area contributed by atoms with E-state index in [1.54, 1.807) is 12.1 Å². The van der Waals surface area contributed by atoms with Gasteiger partial charge in [-0.25, -0.2) is 4.79 Å². The summed E-state index contributed by atoms with van der Waals surface area (Å²) in [7, 11) is 0. The molecule has 2 rings (SSSR count). The summed E-state index contributed by atoms with van der Waals surface area (Å²) in [5.41, 5.74) is 0.0870. The first-order chi connectivity index (χ1) is 10.1. The molecule has 0 amide bonds. The molecule has 0 saturated carbocycles. The van der Waals surface area contributed by atoms with Gasteiger partial charge in [0, 0.05) is 10.9 Å². The van der Waals surface area contributed by atoms with E-state index in [0.717, 1.165) is 23.7 Å². The van der Waals surface area contributed by atoms with Crippen LogP contribution in [0.2, 0.25) is 0 Å². The van der Waals surface area contributed by atoms with E-state index in [1.165, 1.54) is 6.07 Å². The summed E-state index contributed by atoms with van der Waals surface area (Å²) in [4.78, 5) is 15.3. The standard InChI is InChI=1S/C14H15BrN2O4/c1-2-3-4-12-16-13(21-17-12)8-20-11-7-9(15)5-6-10(11)14(18)19/h5-7H,2-4,8H2,1H3,(H,18,19). The van der Waals surface area contributed by atoms with Crippen LogP contribution in [-0.2, 0) is 13.0 Å². The molecule has 21 heavy (non-hydrogen) atoms. The third-order valence-corrected chi connectivity index (χ3v) is 3.28. The first-order valence-electron chi connectivity index (χ1n) is 6.57. The summed E-state index contributed by atoms with van der Waals surface area (Å²) < 4.78 is 11.3. The maximum atomic E-state index is 11.1. The number of aromatic nitrogens is 2. The van der Waals surface area contributed by atoms with Crippen molar-refractivity contribution < 1.29 is 19.2 Å². The van der Waals surface area contributed by atoms with Crippen LogP contribution in [0.3, 0.4) is 0 Å². The second-order valence-electron chi connectivity index (χ2n) is 4.44. The first-order valence-corrected chi connectivity index (χ1v) is 7.36. The van der Waals surface area contributed by atoms with Gasteiger partial charge >= 0.3 is 5.97 Å². The number of nitrogens with zero attached hydrogens (tertiary/aromatic N) is 2. The minimum absolute atomic E-state index is 0.0376. The Labute approximate surface area is 130 Å². The molecular formula is C14H15BrN2O4. The van der Waals surface area contributed by atoms with Crippen molar-refractivity contribution in [1.82, 2.24) is 10.1 Å². The lowest BCUT2D eigenvalue weighted by molar-refractivity contribution is 0.0691. The second-order valence-corrected chi connectivity index (χ2v) is 5.36. The molecule has 6 nitrogen and oxygen atoms in total. The number of carbonyl (C=O) groups is 1. The predicted octanol–water partition coefficient (Wildman–Crippen LogP) is 3.45. The van der Waals surface area contributed by atoms with E-state index in [-0.39, 0.29) is 17.9 Å². The molecule has 0 aliphatic heterocycles. The molecule has 0 radical (unpaired) electrons. The number of aryl methyl sites for hydroxylation is 1. The summed E-state index contributed by atoms with van der Waals surface area (Å²) in [6.45, 7) is 2.13. The van der Waals surface area contributed by atoms with Gasteiger partial charge in [0.05, 0.1) is 0 Å². The molecule has 0 atom stereocenters. The van der Waals surface area contributed by atoms with E-state index in [1.807, 2.05) is 0 Å². The zero-order valence-electron chi connectivity index (χ0n) is 11.5. The lowest BCUT2D eigenvalue weighted by Gasteiger charge is -2.07. The molecule has 1 aromatic carbocycles. The van der Waals surface area contributed by atoms with Crippen molar-refractivity contribution >= 4 is 21.9 Å². The third kappa shape index (κ3) is 4.29. The smallest absolute Gasteiger partial charge is 0.339 e. The van der Waals surface area contributed by atoms with Crippen LogP contribution in [-0.4, -0.2) is 21.2 Å². The normalized spacial score (nSPS) is 10.6. The van der Waals surface area contributed by atoms with Gasteiger partial charge in [-0.15, -0.1) is 0 Å². The van der Waals surface area contributed by atoms with Crippen molar-refractivity contribution in [3.63, 3.8) is 0 Å². The second kappa shape index (κ2) is 7.21. The Morgan fingerprint density at radius 2 is 2.29 bits per heavy atom. The Morgan fingerprint density at radius 3 is 3.00 bits per heavy atom. The number of aromatic carboxylic acids is 1. The highest BCUT2D eigenvalue weighted by atomic mass is 79.9. The minimum Gasteiger partial charge on any atom is -0.483 e. The fourth-order valence-corrected chi connectivity index (χ4v) is 2.06. The van der Waals surface area contributed by atoms with E-state index in [0.29, 0.717) is 11.7 Å². The molecule has 0 fully saturated rings. The van der Waals surface area contributed by atoms with Gasteiger partial charge in [0.1, 0.15) is 11.3 Å². The third-order valence-electron chi connectivity index (χ3n) is 2.79. The van der Waals surface area contributed by atoms with Crippen LogP contribution in [0.1, 0.15) is 41.8 Å². The predicted molar refractivity (Wildman–Crippen MR) is 78.3 cm³/mol. The monoisotopic (exact) mass is 354 g/mol. The van der Waals surface area contributed by atoms with E-state index in [2.05, 4.69) is 33.0 Å². The summed E-state index contributed by atoms with van der Waals surface area (Å²) in [5.74, 6) is 0.178. The minimum atomic E-state index is -1.05. The van der Waals surface area contributed by atoms with Crippen molar-refractivity contribution in [3.05, 3.63) is 40.0 Å². The van der Waals surface area contributed by atoms with Gasteiger partial charge in [-0.05, 0) is 24.6 Å². The lowest BCUT2D eigenvalue weighted by Crippen LogP contribution is -2.03. The zero-order chi connectivity index (χ0) is 15.2. The van der Waals surface area contributed by atoms with Crippen LogP contribution in [0.5, 0.6) is 5.75 Å². The molecule has 1 heterocycles. The Kier molecular flexibility index (Phi) is 5.32. The highest BCUT2D eigenvalue weighted by Gasteiger charge is 2.13. The van der Waals surface area contributed by atoms with Gasteiger partial charge in [-0.1, -0.05) is 34.4 Å². The van der Waals surface area contributed by atoms with E-state index in [9.17, 15) is 4.79 Å². The average Bonchev–Trinajstić information content (AvgIpc) is 2.90. The van der Waals surface area contributed by atoms with E-state index < -0.39 is 5.97 Å². The van der Waals surface area contributed by atoms with Crippen LogP contribution < -0.4 is 4.74 Å². The van der Waals surface area contributed by atoms with Gasteiger partial charge in [0.25, 0.3) is 5.89 Å². The summed E-state index contributed by atoms with van der Waals surface area (Å²) in [6.07, 6.45) is 2.81. The number of benzene rings is 1. The highest BCUT2D eigenvalue weighted by molar-refractivity contribution is 9.10. The number of unbranched alkanes of at least 4 members (excludes halogenated alkanes) is 1. The molecule has 0 aliphatic carbocycles. The van der Waals surface area contributed by atoms with Crippen molar-refractivity contribution in [2.45, 2.75) is 32.8 Å². The fraction of sp³-hybridized carbons (Fsp3) is 0.357. The summed E-state index contributed by atoms with van der Waals surface area (Å²) in [6, 6.07) is 4.71. The highest BCUT2D eigenvalue weighted by Crippen LogP contribution is 2.24. The molecule has 0 saturated heterocycles. The van der Waals surface area contributed by atoms with Crippen LogP contribution in [0.25, 0.3) is 0 Å². The SMILES string of the molecule is CCCCc1noc(COc2cc(Br)ccc2C(=O)O)n1. The topological polar surface area (TPSA) is 85.5 Å². The Bertz CT molecular complexity index is 627. The number of halogens is 1. The number of carboxylic acids is 1. The maximum Gasteiger partial charge on any atom is 0.339 e. The molecule has 0 bridgehead atoms. The number of carboxylic acid groups (broad SMARTS) is 1. The van der Waals surface area contributed by atoms with Crippen LogP contribution in [0, 0.1) is 0 Å². The van der Waals surface area contributed by atoms with Crippen LogP contribution in [0.15, 0.2) is 27.2 Å². The average molecular weight is 355 g/mol. The van der Waals surface area contributed by atoms with Gasteiger partial charge in [-0.3, -0.25) is 0 Å². The molecular weight excluding hydrogens is 340 g/mol. The Hall–Kier alpha value is -1.89. The number of hydrogen-bond acceptors (Lipinski definition) is 5. The van der Waals surface area contributed by atoms with Crippen LogP contribution >= 0.6 is 15.9 Å². The van der Waals surface area contributed by atoms with Crippen molar-refractivity contribution in [1.29, 1.82) is 0 Å². The summed E-state index contributed by atoms with van der Waals surface area (Å²) >= 11 is 3.28.